The number of benzene rings is 2. The van der Waals surface area contributed by atoms with Crippen molar-refractivity contribution < 1.29 is 4.79 Å². The number of aryl methyl sites for hydroxylation is 2. The van der Waals surface area contributed by atoms with Crippen molar-refractivity contribution in [2.75, 3.05) is 29.9 Å². The van der Waals surface area contributed by atoms with Crippen molar-refractivity contribution in [3.05, 3.63) is 84.6 Å². The molecule has 1 saturated heterocycles. The first kappa shape index (κ1) is 25.4. The smallest absolute Gasteiger partial charge is 0.246 e. The summed E-state index contributed by atoms with van der Waals surface area (Å²) < 4.78 is 2.03. The maximum absolute atomic E-state index is 12.1. The van der Waals surface area contributed by atoms with E-state index in [4.69, 9.17) is 4.98 Å². The molecule has 5 aromatic rings. The molecule has 0 bridgehead atoms. The molecule has 0 radical (unpaired) electrons. The quantitative estimate of drug-likeness (QED) is 0.324. The minimum absolute atomic E-state index is 0.0543. The zero-order valence-corrected chi connectivity index (χ0v) is 22.9. The number of rotatable bonds is 6. The van der Waals surface area contributed by atoms with Crippen LogP contribution in [0.3, 0.4) is 0 Å². The molecule has 1 N–H and O–H groups in total. The average Bonchev–Trinajstić information content (AvgIpc) is 3.33. The first-order chi connectivity index (χ1) is 19.4. The summed E-state index contributed by atoms with van der Waals surface area (Å²) in [7, 11) is 2.01. The molecule has 4 heterocycles. The van der Waals surface area contributed by atoms with Crippen LogP contribution in [-0.4, -0.2) is 66.0 Å². The SMILES string of the molecule is C=CC(=O)N1CCN(c2ncc3ncnc(Nc4ccc(Cc5ccc6c(c5)ncn6C)c(C)c4)c3n2)[C@@H](C)C1. The van der Waals surface area contributed by atoms with Crippen molar-refractivity contribution in [1.82, 2.24) is 34.4 Å². The monoisotopic (exact) mass is 533 g/mol. The largest absolute Gasteiger partial charge is 0.338 e. The van der Waals surface area contributed by atoms with Crippen LogP contribution >= 0.6 is 0 Å². The number of nitrogens with one attached hydrogen (secondary N) is 1. The third-order valence-electron chi connectivity index (χ3n) is 7.53. The van der Waals surface area contributed by atoms with Gasteiger partial charge in [-0.25, -0.2) is 24.9 Å². The van der Waals surface area contributed by atoms with Gasteiger partial charge < -0.3 is 19.7 Å². The number of fused-ring (bicyclic) bond motifs is 2. The third-order valence-corrected chi connectivity index (χ3v) is 7.53. The summed E-state index contributed by atoms with van der Waals surface area (Å²) in [4.78, 5) is 38.8. The van der Waals surface area contributed by atoms with Crippen LogP contribution in [0.2, 0.25) is 0 Å². The first-order valence-corrected chi connectivity index (χ1v) is 13.3. The molecule has 10 nitrogen and oxygen atoms in total. The van der Waals surface area contributed by atoms with E-state index in [1.807, 2.05) is 17.9 Å². The molecule has 6 rings (SSSR count). The second kappa shape index (κ2) is 10.4. The van der Waals surface area contributed by atoms with Crippen LogP contribution in [0.4, 0.5) is 17.5 Å². The van der Waals surface area contributed by atoms with Gasteiger partial charge >= 0.3 is 0 Å². The van der Waals surface area contributed by atoms with Gasteiger partial charge in [-0.15, -0.1) is 0 Å². The lowest BCUT2D eigenvalue weighted by atomic mass is 9.99. The van der Waals surface area contributed by atoms with Gasteiger partial charge in [0.15, 0.2) is 5.82 Å². The fourth-order valence-electron chi connectivity index (χ4n) is 5.28. The lowest BCUT2D eigenvalue weighted by molar-refractivity contribution is -0.126. The van der Waals surface area contributed by atoms with Gasteiger partial charge in [-0.3, -0.25) is 4.79 Å². The van der Waals surface area contributed by atoms with Crippen molar-refractivity contribution in [3.63, 3.8) is 0 Å². The highest BCUT2D eigenvalue weighted by atomic mass is 16.2. The number of imidazole rings is 1. The van der Waals surface area contributed by atoms with E-state index in [1.165, 1.54) is 29.1 Å². The molecule has 0 saturated carbocycles. The van der Waals surface area contributed by atoms with E-state index in [9.17, 15) is 4.79 Å². The Balaban J connectivity index is 1.22. The van der Waals surface area contributed by atoms with Crippen molar-refractivity contribution in [2.45, 2.75) is 26.3 Å². The van der Waals surface area contributed by atoms with E-state index in [-0.39, 0.29) is 11.9 Å². The van der Waals surface area contributed by atoms with Crippen LogP contribution < -0.4 is 10.2 Å². The maximum atomic E-state index is 12.1. The Morgan fingerprint density at radius 2 is 1.98 bits per heavy atom. The molecule has 1 atom stereocenters. The number of hydrogen-bond acceptors (Lipinski definition) is 8. The molecule has 2 aromatic carbocycles. The van der Waals surface area contributed by atoms with Crippen LogP contribution in [0.5, 0.6) is 0 Å². The van der Waals surface area contributed by atoms with Gasteiger partial charge in [-0.1, -0.05) is 18.7 Å². The number of piperazine rings is 1. The van der Waals surface area contributed by atoms with Gasteiger partial charge in [-0.2, -0.15) is 0 Å². The van der Waals surface area contributed by atoms with E-state index in [0.717, 1.165) is 23.1 Å². The zero-order valence-electron chi connectivity index (χ0n) is 22.9. The number of carbonyl (C=O) groups is 1. The predicted octanol–water partition coefficient (Wildman–Crippen LogP) is 4.17. The topological polar surface area (TPSA) is 105 Å². The lowest BCUT2D eigenvalue weighted by Crippen LogP contribution is -2.54. The summed E-state index contributed by atoms with van der Waals surface area (Å²) in [6.45, 7) is 9.60. The number of carbonyl (C=O) groups excluding carboxylic acids is 1. The van der Waals surface area contributed by atoms with Crippen LogP contribution in [0.25, 0.3) is 22.1 Å². The molecule has 1 aliphatic heterocycles. The Hall–Kier alpha value is -4.86. The van der Waals surface area contributed by atoms with Crippen LogP contribution in [0.15, 0.2) is 67.9 Å². The Bertz CT molecular complexity index is 1740. The number of nitrogens with zero attached hydrogens (tertiary/aromatic N) is 8. The molecule has 0 unspecified atom stereocenters. The molecule has 0 spiro atoms. The second-order valence-corrected chi connectivity index (χ2v) is 10.3. The van der Waals surface area contributed by atoms with Gasteiger partial charge in [-0.05, 0) is 67.3 Å². The van der Waals surface area contributed by atoms with Gasteiger partial charge in [0.25, 0.3) is 0 Å². The summed E-state index contributed by atoms with van der Waals surface area (Å²) in [5.41, 5.74) is 8.03. The molecule has 10 heteroatoms. The molecule has 3 aromatic heterocycles. The Morgan fingerprint density at radius 1 is 1.10 bits per heavy atom. The molecule has 0 aliphatic carbocycles. The maximum Gasteiger partial charge on any atom is 0.246 e. The highest BCUT2D eigenvalue weighted by Crippen LogP contribution is 2.27. The van der Waals surface area contributed by atoms with Gasteiger partial charge in [0, 0.05) is 38.4 Å². The highest BCUT2D eigenvalue weighted by molar-refractivity contribution is 5.88. The van der Waals surface area contributed by atoms with Crippen LogP contribution in [0.1, 0.15) is 23.6 Å². The summed E-state index contributed by atoms with van der Waals surface area (Å²) >= 11 is 0. The fourth-order valence-corrected chi connectivity index (χ4v) is 5.28. The summed E-state index contributed by atoms with van der Waals surface area (Å²) in [6.07, 6.45) is 7.28. The number of hydrogen-bond donors (Lipinski definition) is 1. The summed E-state index contributed by atoms with van der Waals surface area (Å²) in [6, 6.07) is 12.8. The Kier molecular flexibility index (Phi) is 6.59. The zero-order chi connectivity index (χ0) is 27.8. The normalized spacial score (nSPS) is 15.5. The van der Waals surface area contributed by atoms with Crippen LogP contribution in [-0.2, 0) is 18.3 Å². The standard InChI is InChI=1S/C30H31N9O/c1-5-27(40)38-10-11-39(20(3)16-38)30-31-15-25-28(36-30)29(33-17-32-25)35-23-8-7-22(19(2)12-23)13-21-6-9-26-24(14-21)34-18-37(26)4/h5-9,12,14-15,17-18,20H,1,10-11,13,16H2,2-4H3,(H,32,33,35)/t20-/m0/s1. The third kappa shape index (κ3) is 4.84. The minimum atomic E-state index is -0.0543. The van der Waals surface area contributed by atoms with Gasteiger partial charge in [0.05, 0.1) is 23.6 Å². The Morgan fingerprint density at radius 3 is 2.77 bits per heavy atom. The minimum Gasteiger partial charge on any atom is -0.338 e. The van der Waals surface area contributed by atoms with E-state index in [1.54, 1.807) is 11.1 Å². The molecule has 40 heavy (non-hydrogen) atoms. The van der Waals surface area contributed by atoms with Crippen LogP contribution in [0, 0.1) is 6.92 Å². The highest BCUT2D eigenvalue weighted by Gasteiger charge is 2.27. The van der Waals surface area contributed by atoms with Crippen molar-refractivity contribution >= 4 is 45.4 Å². The van der Waals surface area contributed by atoms with Gasteiger partial charge in [0.2, 0.25) is 11.9 Å². The number of anilines is 3. The van der Waals surface area contributed by atoms with Crippen molar-refractivity contribution in [3.8, 4) is 0 Å². The van der Waals surface area contributed by atoms with E-state index in [0.29, 0.717) is 42.4 Å². The van der Waals surface area contributed by atoms with Gasteiger partial charge in [0.1, 0.15) is 17.4 Å². The lowest BCUT2D eigenvalue weighted by Gasteiger charge is -2.39. The summed E-state index contributed by atoms with van der Waals surface area (Å²) in [5.74, 6) is 1.16. The van der Waals surface area contributed by atoms with E-state index < -0.39 is 0 Å². The molecular formula is C30H31N9O. The first-order valence-electron chi connectivity index (χ1n) is 13.3. The second-order valence-electron chi connectivity index (χ2n) is 10.3. The molecule has 1 fully saturated rings. The Labute approximate surface area is 232 Å². The molecule has 1 aliphatic rings. The van der Waals surface area contributed by atoms with E-state index >= 15 is 0 Å². The van der Waals surface area contributed by atoms with Crippen molar-refractivity contribution in [1.29, 1.82) is 0 Å². The van der Waals surface area contributed by atoms with E-state index in [2.05, 4.69) is 87.0 Å². The number of amides is 1. The fraction of sp³-hybridized carbons (Fsp3) is 0.267. The average molecular weight is 534 g/mol. The predicted molar refractivity (Wildman–Crippen MR) is 157 cm³/mol. The number of aromatic nitrogens is 6. The molecule has 202 valence electrons. The molecule has 1 amide bonds. The summed E-state index contributed by atoms with van der Waals surface area (Å²) in [5, 5.41) is 3.44. The van der Waals surface area contributed by atoms with Crippen molar-refractivity contribution in [2.24, 2.45) is 7.05 Å². The molecular weight excluding hydrogens is 502 g/mol.